The molecule has 1 aromatic rings. The minimum absolute atomic E-state index is 0.228. The first-order valence-electron chi connectivity index (χ1n) is 7.29. The second-order valence-electron chi connectivity index (χ2n) is 5.82. The highest BCUT2D eigenvalue weighted by molar-refractivity contribution is 5.67. The number of hydrogen-bond acceptors (Lipinski definition) is 2. The van der Waals surface area contributed by atoms with Gasteiger partial charge in [-0.05, 0) is 55.3 Å². The molecule has 2 aliphatic rings. The molecule has 0 saturated carbocycles. The Balaban J connectivity index is 1.68. The van der Waals surface area contributed by atoms with Crippen LogP contribution in [-0.2, 0) is 24.2 Å². The van der Waals surface area contributed by atoms with Crippen LogP contribution < -0.4 is 0 Å². The predicted molar refractivity (Wildman–Crippen MR) is 74.2 cm³/mol. The Bertz CT molecular complexity index is 484. The number of carboxylic acids is 1. The van der Waals surface area contributed by atoms with E-state index in [0.717, 1.165) is 25.9 Å². The van der Waals surface area contributed by atoms with Gasteiger partial charge in [0.2, 0.25) is 0 Å². The summed E-state index contributed by atoms with van der Waals surface area (Å²) >= 11 is 0. The zero-order valence-electron chi connectivity index (χ0n) is 11.3. The van der Waals surface area contributed by atoms with Crippen LogP contribution in [0.25, 0.3) is 0 Å². The molecule has 1 saturated heterocycles. The van der Waals surface area contributed by atoms with Gasteiger partial charge in [0.1, 0.15) is 0 Å². The SMILES string of the molecule is O=C(O)CC1CCCN1Cc1ccc2c(c1)CCC2. The summed E-state index contributed by atoms with van der Waals surface area (Å²) in [6.07, 6.45) is 6.15. The number of benzene rings is 1. The van der Waals surface area contributed by atoms with Crippen LogP contribution in [0.3, 0.4) is 0 Å². The number of nitrogens with zero attached hydrogens (tertiary/aromatic N) is 1. The Labute approximate surface area is 114 Å². The number of carbonyl (C=O) groups is 1. The van der Waals surface area contributed by atoms with E-state index < -0.39 is 5.97 Å². The van der Waals surface area contributed by atoms with E-state index in [2.05, 4.69) is 23.1 Å². The van der Waals surface area contributed by atoms with E-state index in [-0.39, 0.29) is 12.5 Å². The number of rotatable bonds is 4. The van der Waals surface area contributed by atoms with Crippen molar-refractivity contribution in [3.05, 3.63) is 34.9 Å². The van der Waals surface area contributed by atoms with Crippen LogP contribution in [0.4, 0.5) is 0 Å². The summed E-state index contributed by atoms with van der Waals surface area (Å²) in [5.74, 6) is -0.675. The highest BCUT2D eigenvalue weighted by Crippen LogP contribution is 2.26. The molecule has 1 unspecified atom stereocenters. The molecule has 0 bridgehead atoms. The van der Waals surface area contributed by atoms with E-state index in [0.29, 0.717) is 0 Å². The number of fused-ring (bicyclic) bond motifs is 1. The van der Waals surface area contributed by atoms with Gasteiger partial charge < -0.3 is 5.11 Å². The standard InChI is InChI=1S/C16H21NO2/c18-16(19)10-15-5-2-8-17(15)11-12-6-7-13-3-1-4-14(13)9-12/h6-7,9,15H,1-5,8,10-11H2,(H,18,19). The number of aliphatic carboxylic acids is 1. The van der Waals surface area contributed by atoms with Gasteiger partial charge in [0.05, 0.1) is 6.42 Å². The third-order valence-corrected chi connectivity index (χ3v) is 4.46. The molecule has 1 aliphatic heterocycles. The summed E-state index contributed by atoms with van der Waals surface area (Å²) < 4.78 is 0. The monoisotopic (exact) mass is 259 g/mol. The zero-order valence-corrected chi connectivity index (χ0v) is 11.3. The Morgan fingerprint density at radius 2 is 2.11 bits per heavy atom. The van der Waals surface area contributed by atoms with Crippen molar-refractivity contribution in [2.75, 3.05) is 6.54 Å². The van der Waals surface area contributed by atoms with E-state index in [1.54, 1.807) is 0 Å². The third kappa shape index (κ3) is 2.81. The molecule has 0 spiro atoms. The molecule has 1 N–H and O–H groups in total. The zero-order chi connectivity index (χ0) is 13.2. The molecule has 102 valence electrons. The average molecular weight is 259 g/mol. The van der Waals surface area contributed by atoms with Gasteiger partial charge in [0.15, 0.2) is 0 Å². The maximum Gasteiger partial charge on any atom is 0.304 e. The van der Waals surface area contributed by atoms with Gasteiger partial charge in [-0.2, -0.15) is 0 Å². The summed E-state index contributed by atoms with van der Waals surface area (Å²) in [5.41, 5.74) is 4.36. The lowest BCUT2D eigenvalue weighted by atomic mass is 10.1. The van der Waals surface area contributed by atoms with Crippen molar-refractivity contribution in [3.8, 4) is 0 Å². The molecule has 1 atom stereocenters. The number of likely N-dealkylation sites (tertiary alicyclic amines) is 1. The van der Waals surface area contributed by atoms with Gasteiger partial charge in [-0.15, -0.1) is 0 Å². The van der Waals surface area contributed by atoms with Gasteiger partial charge >= 0.3 is 5.97 Å². The summed E-state index contributed by atoms with van der Waals surface area (Å²) in [7, 11) is 0. The van der Waals surface area contributed by atoms with Crippen molar-refractivity contribution in [2.24, 2.45) is 0 Å². The van der Waals surface area contributed by atoms with Crippen LogP contribution in [0.2, 0.25) is 0 Å². The van der Waals surface area contributed by atoms with E-state index in [4.69, 9.17) is 5.11 Å². The fourth-order valence-corrected chi connectivity index (χ4v) is 3.49. The number of hydrogen-bond donors (Lipinski definition) is 1. The molecule has 1 aromatic carbocycles. The molecule has 19 heavy (non-hydrogen) atoms. The lowest BCUT2D eigenvalue weighted by Gasteiger charge is -2.23. The molecule has 3 nitrogen and oxygen atoms in total. The van der Waals surface area contributed by atoms with Crippen LogP contribution in [0.15, 0.2) is 18.2 Å². The summed E-state index contributed by atoms with van der Waals surface area (Å²) in [6.45, 7) is 1.94. The van der Waals surface area contributed by atoms with E-state index in [1.165, 1.54) is 36.0 Å². The Morgan fingerprint density at radius 3 is 2.95 bits per heavy atom. The largest absolute Gasteiger partial charge is 0.481 e. The van der Waals surface area contributed by atoms with Crippen molar-refractivity contribution in [1.82, 2.24) is 4.90 Å². The first-order chi connectivity index (χ1) is 9.22. The molecular weight excluding hydrogens is 238 g/mol. The van der Waals surface area contributed by atoms with Gasteiger partial charge in [-0.25, -0.2) is 0 Å². The van der Waals surface area contributed by atoms with Crippen molar-refractivity contribution < 1.29 is 9.90 Å². The Morgan fingerprint density at radius 1 is 1.26 bits per heavy atom. The second-order valence-corrected chi connectivity index (χ2v) is 5.82. The molecule has 3 rings (SSSR count). The molecular formula is C16H21NO2. The van der Waals surface area contributed by atoms with Crippen LogP contribution in [-0.4, -0.2) is 28.6 Å². The number of carboxylic acid groups (broad SMARTS) is 1. The first-order valence-corrected chi connectivity index (χ1v) is 7.29. The molecule has 1 fully saturated rings. The normalized spacial score (nSPS) is 22.6. The first kappa shape index (κ1) is 12.7. The van der Waals surface area contributed by atoms with Crippen molar-refractivity contribution >= 4 is 5.97 Å². The Kier molecular flexibility index (Phi) is 3.56. The van der Waals surface area contributed by atoms with Gasteiger partial charge in [-0.3, -0.25) is 9.69 Å². The lowest BCUT2D eigenvalue weighted by molar-refractivity contribution is -0.138. The maximum atomic E-state index is 10.9. The van der Waals surface area contributed by atoms with Crippen LogP contribution in [0, 0.1) is 0 Å². The topological polar surface area (TPSA) is 40.5 Å². The Hall–Kier alpha value is -1.35. The van der Waals surface area contributed by atoms with Crippen molar-refractivity contribution in [3.63, 3.8) is 0 Å². The molecule has 1 aliphatic carbocycles. The quantitative estimate of drug-likeness (QED) is 0.903. The maximum absolute atomic E-state index is 10.9. The highest BCUT2D eigenvalue weighted by atomic mass is 16.4. The molecule has 3 heteroatoms. The summed E-state index contributed by atoms with van der Waals surface area (Å²) in [6, 6.07) is 7.05. The van der Waals surface area contributed by atoms with Crippen LogP contribution in [0.1, 0.15) is 42.4 Å². The minimum atomic E-state index is -0.675. The van der Waals surface area contributed by atoms with E-state index in [1.807, 2.05) is 0 Å². The van der Waals surface area contributed by atoms with Crippen LogP contribution >= 0.6 is 0 Å². The number of aryl methyl sites for hydroxylation is 2. The third-order valence-electron chi connectivity index (χ3n) is 4.46. The van der Waals surface area contributed by atoms with E-state index in [9.17, 15) is 4.79 Å². The fourth-order valence-electron chi connectivity index (χ4n) is 3.49. The van der Waals surface area contributed by atoms with Crippen molar-refractivity contribution in [1.29, 1.82) is 0 Å². The smallest absolute Gasteiger partial charge is 0.304 e. The van der Waals surface area contributed by atoms with Gasteiger partial charge in [0.25, 0.3) is 0 Å². The fraction of sp³-hybridized carbons (Fsp3) is 0.562. The van der Waals surface area contributed by atoms with Crippen LogP contribution in [0.5, 0.6) is 0 Å². The lowest BCUT2D eigenvalue weighted by Crippen LogP contribution is -2.30. The minimum Gasteiger partial charge on any atom is -0.481 e. The predicted octanol–water partition coefficient (Wildman–Crippen LogP) is 2.61. The summed E-state index contributed by atoms with van der Waals surface area (Å²) in [5, 5.41) is 8.96. The molecule has 0 amide bonds. The second kappa shape index (κ2) is 5.33. The van der Waals surface area contributed by atoms with Gasteiger partial charge in [0, 0.05) is 12.6 Å². The van der Waals surface area contributed by atoms with E-state index >= 15 is 0 Å². The highest BCUT2D eigenvalue weighted by Gasteiger charge is 2.26. The van der Waals surface area contributed by atoms with Gasteiger partial charge in [-0.1, -0.05) is 18.2 Å². The molecule has 1 heterocycles. The molecule has 0 radical (unpaired) electrons. The molecule has 0 aromatic heterocycles. The van der Waals surface area contributed by atoms with Crippen molar-refractivity contribution in [2.45, 2.75) is 51.1 Å². The average Bonchev–Trinajstić information content (AvgIpc) is 2.98. The summed E-state index contributed by atoms with van der Waals surface area (Å²) in [4.78, 5) is 13.2.